The van der Waals surface area contributed by atoms with Gasteiger partial charge in [-0.05, 0) is 131 Å². The zero-order chi connectivity index (χ0) is 46.3. The molecule has 0 saturated carbocycles. The molecule has 4 nitrogen and oxygen atoms in total. The van der Waals surface area contributed by atoms with Crippen molar-refractivity contribution in [2.75, 3.05) is 0 Å². The maximum Gasteiger partial charge on any atom is 0.137 e. The van der Waals surface area contributed by atoms with Crippen molar-refractivity contribution >= 4 is 71.5 Å². The van der Waals surface area contributed by atoms with E-state index in [9.17, 15) is 0 Å². The Morgan fingerprint density at radius 1 is 0.514 bits per heavy atom. The molecule has 4 heteroatoms. The molecule has 14 rings (SSSR count). The van der Waals surface area contributed by atoms with Crippen molar-refractivity contribution < 1.29 is 4.42 Å². The molecule has 0 bridgehead atoms. The minimum Gasteiger partial charge on any atom is -0.456 e. The summed E-state index contributed by atoms with van der Waals surface area (Å²) in [5.74, 6) is 0.738. The van der Waals surface area contributed by atoms with Crippen molar-refractivity contribution in [1.29, 1.82) is 0 Å². The van der Waals surface area contributed by atoms with Gasteiger partial charge in [-0.25, -0.2) is 0 Å². The highest BCUT2D eigenvalue weighted by Gasteiger charge is 2.39. The highest BCUT2D eigenvalue weighted by Crippen LogP contribution is 2.49. The molecule has 1 aliphatic carbocycles. The van der Waals surface area contributed by atoms with Crippen molar-refractivity contribution in [2.45, 2.75) is 51.1 Å². The molecule has 3 aromatic heterocycles. The Balaban J connectivity index is 0.961. The molecule has 4 atom stereocenters. The van der Waals surface area contributed by atoms with Gasteiger partial charge in [-0.15, -0.1) is 0 Å². The van der Waals surface area contributed by atoms with Gasteiger partial charge in [-0.1, -0.05) is 171 Å². The van der Waals surface area contributed by atoms with Gasteiger partial charge in [0.1, 0.15) is 11.2 Å². The lowest BCUT2D eigenvalue weighted by Gasteiger charge is -2.35. The number of hydrogen-bond acceptors (Lipinski definition) is 2. The number of rotatable bonds is 7. The number of para-hydroxylation sites is 4. The summed E-state index contributed by atoms with van der Waals surface area (Å²) in [6.07, 6.45) is 7.84. The Morgan fingerprint density at radius 3 is 1.96 bits per heavy atom. The van der Waals surface area contributed by atoms with Crippen LogP contribution in [-0.2, 0) is 6.42 Å². The Morgan fingerprint density at radius 2 is 1.17 bits per heavy atom. The lowest BCUT2D eigenvalue weighted by atomic mass is 9.73. The molecule has 0 radical (unpaired) electrons. The third-order valence-electron chi connectivity index (χ3n) is 16.1. The third kappa shape index (κ3) is 6.61. The van der Waals surface area contributed by atoms with Crippen LogP contribution in [0.4, 0.5) is 0 Å². The van der Waals surface area contributed by atoms with Crippen molar-refractivity contribution in [2.24, 2.45) is 11.8 Å². The lowest BCUT2D eigenvalue weighted by Crippen LogP contribution is -2.32. The van der Waals surface area contributed by atoms with Gasteiger partial charge < -0.3 is 18.9 Å². The van der Waals surface area contributed by atoms with E-state index in [1.54, 1.807) is 5.57 Å². The van der Waals surface area contributed by atoms with Crippen molar-refractivity contribution in [3.63, 3.8) is 0 Å². The summed E-state index contributed by atoms with van der Waals surface area (Å²) < 4.78 is 11.9. The van der Waals surface area contributed by atoms with E-state index in [2.05, 4.69) is 234 Å². The van der Waals surface area contributed by atoms with Crippen LogP contribution in [0.5, 0.6) is 0 Å². The maximum atomic E-state index is 6.93. The molecule has 1 saturated heterocycles. The van der Waals surface area contributed by atoms with Crippen molar-refractivity contribution in [3.8, 4) is 22.5 Å². The molecule has 4 heterocycles. The second-order valence-electron chi connectivity index (χ2n) is 19.8. The molecule has 70 heavy (non-hydrogen) atoms. The molecule has 0 spiro atoms. The van der Waals surface area contributed by atoms with Gasteiger partial charge >= 0.3 is 0 Å². The summed E-state index contributed by atoms with van der Waals surface area (Å²) >= 11 is 0. The standard InChI is InChI=1S/C66H53N3O/c1-2-50-51(47-33-34-54-52-23-11-14-26-59(52)68(61(54)39-47)48-21-7-4-8-22-48)35-36-58(67-66(50)44-31-29-43(30-32-44)42-17-5-3-6-18-42)57-40-49(41-64-65(57)55-25-13-16-28-63(55)70-64)69-60-27-15-12-24-53(60)56-37-45-19-9-10-20-46(45)38-62(56)69/h3-32,37-41,50-51,58,66-67H,2,33-36H2,1H3/t50-,51?,58?,66?/m0/s1. The summed E-state index contributed by atoms with van der Waals surface area (Å²) in [7, 11) is 0. The second-order valence-corrected chi connectivity index (χ2v) is 19.8. The zero-order valence-corrected chi connectivity index (χ0v) is 39.4. The normalized spacial score (nSPS) is 18.5. The molecule has 2 aliphatic rings. The van der Waals surface area contributed by atoms with E-state index < -0.39 is 0 Å². The minimum atomic E-state index is 0.0470. The number of aryl methyl sites for hydroxylation is 1. The van der Waals surface area contributed by atoms with Crippen LogP contribution in [0.15, 0.2) is 216 Å². The van der Waals surface area contributed by atoms with Crippen molar-refractivity contribution in [1.82, 2.24) is 14.5 Å². The average molecular weight is 904 g/mol. The van der Waals surface area contributed by atoms with Crippen LogP contribution in [0.25, 0.3) is 94.0 Å². The zero-order valence-electron chi connectivity index (χ0n) is 39.4. The third-order valence-corrected chi connectivity index (χ3v) is 16.1. The van der Waals surface area contributed by atoms with Crippen molar-refractivity contribution in [3.05, 3.63) is 234 Å². The number of fused-ring (bicyclic) bond motifs is 10. The van der Waals surface area contributed by atoms with E-state index in [4.69, 9.17) is 4.42 Å². The van der Waals surface area contributed by atoms with Gasteiger partial charge in [0.25, 0.3) is 0 Å². The number of nitrogens with one attached hydrogen (secondary N) is 1. The van der Waals surface area contributed by atoms with E-state index in [0.717, 1.165) is 49.0 Å². The van der Waals surface area contributed by atoms with Gasteiger partial charge in [-0.2, -0.15) is 0 Å². The molecular formula is C66H53N3O. The van der Waals surface area contributed by atoms with Gasteiger partial charge in [-0.3, -0.25) is 0 Å². The molecule has 1 aliphatic heterocycles. The Kier molecular flexibility index (Phi) is 9.77. The molecular weight excluding hydrogens is 851 g/mol. The first-order chi connectivity index (χ1) is 34.7. The topological polar surface area (TPSA) is 35.0 Å². The van der Waals surface area contributed by atoms with E-state index in [1.165, 1.54) is 93.5 Å². The minimum absolute atomic E-state index is 0.0470. The first-order valence-corrected chi connectivity index (χ1v) is 25.3. The van der Waals surface area contributed by atoms with Gasteiger partial charge in [0.05, 0.1) is 22.2 Å². The van der Waals surface area contributed by atoms with E-state index in [-0.39, 0.29) is 12.1 Å². The van der Waals surface area contributed by atoms with Crippen LogP contribution in [0, 0.1) is 11.8 Å². The summed E-state index contributed by atoms with van der Waals surface area (Å²) in [4.78, 5) is 0. The molecule has 12 aromatic rings. The predicted octanol–water partition coefficient (Wildman–Crippen LogP) is 17.3. The average Bonchev–Trinajstić information content (AvgIpc) is 4.02. The van der Waals surface area contributed by atoms with Gasteiger partial charge in [0, 0.05) is 56.5 Å². The summed E-state index contributed by atoms with van der Waals surface area (Å²) in [5, 5.41) is 13.2. The summed E-state index contributed by atoms with van der Waals surface area (Å²) in [6, 6.07) is 76.2. The smallest absolute Gasteiger partial charge is 0.137 e. The highest BCUT2D eigenvalue weighted by molar-refractivity contribution is 6.14. The fourth-order valence-corrected chi connectivity index (χ4v) is 12.9. The van der Waals surface area contributed by atoms with E-state index in [0.29, 0.717) is 11.8 Å². The van der Waals surface area contributed by atoms with Crippen LogP contribution in [0.3, 0.4) is 0 Å². The number of allylic oxidation sites excluding steroid dienone is 1. The number of nitrogens with zero attached hydrogens (tertiary/aromatic N) is 2. The molecule has 0 amide bonds. The van der Waals surface area contributed by atoms with Crippen LogP contribution in [0.2, 0.25) is 0 Å². The molecule has 1 fully saturated rings. The number of furan rings is 1. The summed E-state index contributed by atoms with van der Waals surface area (Å²) in [5.41, 5.74) is 17.4. The predicted molar refractivity (Wildman–Crippen MR) is 292 cm³/mol. The largest absolute Gasteiger partial charge is 0.456 e. The molecule has 9 aromatic carbocycles. The lowest BCUT2D eigenvalue weighted by molar-refractivity contribution is 0.280. The first kappa shape index (κ1) is 41.1. The van der Waals surface area contributed by atoms with Crippen LogP contribution < -0.4 is 5.32 Å². The van der Waals surface area contributed by atoms with Crippen LogP contribution in [0.1, 0.15) is 67.1 Å². The van der Waals surface area contributed by atoms with Gasteiger partial charge in [0.2, 0.25) is 0 Å². The molecule has 3 unspecified atom stereocenters. The maximum absolute atomic E-state index is 6.93. The van der Waals surface area contributed by atoms with Crippen LogP contribution in [-0.4, -0.2) is 9.13 Å². The van der Waals surface area contributed by atoms with E-state index >= 15 is 0 Å². The number of aromatic nitrogens is 2. The molecule has 1 N–H and O–H groups in total. The fraction of sp³-hybridized carbons (Fsp3) is 0.152. The quantitative estimate of drug-likeness (QED) is 0.173. The SMILES string of the molecule is CC[C@H]1C(C2=Cc3c(c4ccccc4n3-c3ccccc3)CC2)CCC(c2cc(-n3c4ccccc4c4cc5ccccc5cc43)cc3oc4ccccc4c23)NC1c1ccc(-c2ccccc2)cc1. The molecule has 338 valence electrons. The highest BCUT2D eigenvalue weighted by atomic mass is 16.3. The Bertz CT molecular complexity index is 3980. The Hall–Kier alpha value is -7.92. The van der Waals surface area contributed by atoms with E-state index in [1.807, 2.05) is 0 Å². The number of hydrogen-bond donors (Lipinski definition) is 1. The monoisotopic (exact) mass is 903 g/mol. The van der Waals surface area contributed by atoms with Crippen LogP contribution >= 0.6 is 0 Å². The first-order valence-electron chi connectivity index (χ1n) is 25.3. The fourth-order valence-electron chi connectivity index (χ4n) is 12.9. The second kappa shape index (κ2) is 16.6. The van der Waals surface area contributed by atoms with Gasteiger partial charge in [0.15, 0.2) is 0 Å². The number of benzene rings is 9. The summed E-state index contributed by atoms with van der Waals surface area (Å²) in [6.45, 7) is 2.43. The Labute approximate surface area is 408 Å².